The maximum Gasteiger partial charge on any atom is 0.153 e. The summed E-state index contributed by atoms with van der Waals surface area (Å²) in [5, 5.41) is 7.88. The van der Waals surface area contributed by atoms with Crippen LogP contribution in [0.5, 0.6) is 0 Å². The van der Waals surface area contributed by atoms with E-state index in [0.29, 0.717) is 5.82 Å². The van der Waals surface area contributed by atoms with Crippen molar-refractivity contribution in [3.05, 3.63) is 23.3 Å². The molecular weight excluding hydrogens is 150 g/mol. The number of hydrogen-bond acceptors (Lipinski definition) is 2. The molecule has 0 saturated heterocycles. The molecule has 0 fully saturated rings. The molecule has 2 rings (SSSR count). The molecule has 1 aromatic carbocycles. The molecule has 0 unspecified atom stereocenters. The van der Waals surface area contributed by atoms with Gasteiger partial charge in [0.15, 0.2) is 5.82 Å². The van der Waals surface area contributed by atoms with Crippen molar-refractivity contribution in [3.63, 3.8) is 0 Å². The van der Waals surface area contributed by atoms with E-state index in [2.05, 4.69) is 30.1 Å². The Morgan fingerprint density at radius 1 is 1.33 bits per heavy atom. The molecule has 1 aromatic heterocycles. The predicted octanol–water partition coefficient (Wildman–Crippen LogP) is 1.76. The molecule has 3 N–H and O–H groups in total. The monoisotopic (exact) mass is 161 g/mol. The number of H-pyrrole nitrogens is 1. The molecule has 0 radical (unpaired) electrons. The van der Waals surface area contributed by atoms with Crippen molar-refractivity contribution in [1.29, 1.82) is 0 Å². The highest BCUT2D eigenvalue weighted by Crippen LogP contribution is 2.23. The second-order valence-electron chi connectivity index (χ2n) is 3.04. The minimum absolute atomic E-state index is 0.589. The van der Waals surface area contributed by atoms with Gasteiger partial charge >= 0.3 is 0 Å². The molecule has 0 aliphatic rings. The standard InChI is InChI=1S/C9H11N3/c1-5-3-4-7-8(6(5)2)9(10)12-11-7/h3-4H,1-2H3,(H3,10,11,12). The topological polar surface area (TPSA) is 54.7 Å². The van der Waals surface area contributed by atoms with Gasteiger partial charge in [0.2, 0.25) is 0 Å². The molecule has 62 valence electrons. The van der Waals surface area contributed by atoms with Gasteiger partial charge in [-0.05, 0) is 31.0 Å². The summed E-state index contributed by atoms with van der Waals surface area (Å²) in [6, 6.07) is 4.07. The maximum absolute atomic E-state index is 5.70. The first-order valence-electron chi connectivity index (χ1n) is 3.90. The first kappa shape index (κ1) is 7.16. The second-order valence-corrected chi connectivity index (χ2v) is 3.04. The van der Waals surface area contributed by atoms with E-state index in [9.17, 15) is 0 Å². The Bertz CT molecular complexity index is 429. The molecule has 0 aliphatic carbocycles. The molecule has 0 atom stereocenters. The van der Waals surface area contributed by atoms with Crippen LogP contribution in [-0.4, -0.2) is 10.2 Å². The minimum Gasteiger partial charge on any atom is -0.382 e. The number of nitrogens with two attached hydrogens (primary N) is 1. The van der Waals surface area contributed by atoms with Crippen LogP contribution in [0.3, 0.4) is 0 Å². The van der Waals surface area contributed by atoms with Crippen molar-refractivity contribution in [1.82, 2.24) is 10.2 Å². The van der Waals surface area contributed by atoms with E-state index >= 15 is 0 Å². The summed E-state index contributed by atoms with van der Waals surface area (Å²) < 4.78 is 0. The van der Waals surface area contributed by atoms with E-state index in [0.717, 1.165) is 10.9 Å². The fourth-order valence-corrected chi connectivity index (χ4v) is 1.42. The number of rotatable bonds is 0. The van der Waals surface area contributed by atoms with Gasteiger partial charge in [-0.25, -0.2) is 0 Å². The van der Waals surface area contributed by atoms with Crippen molar-refractivity contribution >= 4 is 16.7 Å². The Kier molecular flexibility index (Phi) is 1.33. The lowest BCUT2D eigenvalue weighted by Gasteiger charge is -2.00. The van der Waals surface area contributed by atoms with Gasteiger partial charge in [0.1, 0.15) is 0 Å². The predicted molar refractivity (Wildman–Crippen MR) is 50.0 cm³/mol. The number of nitrogen functional groups attached to an aromatic ring is 1. The van der Waals surface area contributed by atoms with Crippen LogP contribution >= 0.6 is 0 Å². The van der Waals surface area contributed by atoms with Crippen LogP contribution < -0.4 is 5.73 Å². The normalized spacial score (nSPS) is 10.8. The number of hydrogen-bond donors (Lipinski definition) is 2. The van der Waals surface area contributed by atoms with Gasteiger partial charge in [-0.15, -0.1) is 0 Å². The Hall–Kier alpha value is -1.51. The number of nitrogens with one attached hydrogen (secondary N) is 1. The summed E-state index contributed by atoms with van der Waals surface area (Å²) in [4.78, 5) is 0. The number of nitrogens with zero attached hydrogens (tertiary/aromatic N) is 1. The molecule has 2 aromatic rings. The highest BCUT2D eigenvalue weighted by Gasteiger charge is 2.05. The Morgan fingerprint density at radius 3 is 2.83 bits per heavy atom. The van der Waals surface area contributed by atoms with E-state index < -0.39 is 0 Å². The Balaban J connectivity index is 2.96. The molecule has 3 heteroatoms. The molecule has 0 bridgehead atoms. The van der Waals surface area contributed by atoms with E-state index in [1.807, 2.05) is 6.07 Å². The number of fused-ring (bicyclic) bond motifs is 1. The maximum atomic E-state index is 5.70. The SMILES string of the molecule is Cc1ccc2[nH]nc(N)c2c1C. The number of benzene rings is 1. The highest BCUT2D eigenvalue weighted by atomic mass is 15.1. The molecular formula is C9H11N3. The Labute approximate surface area is 70.6 Å². The van der Waals surface area contributed by atoms with E-state index in [-0.39, 0.29) is 0 Å². The minimum atomic E-state index is 0.589. The molecule has 0 spiro atoms. The smallest absolute Gasteiger partial charge is 0.153 e. The summed E-state index contributed by atoms with van der Waals surface area (Å²) in [7, 11) is 0. The van der Waals surface area contributed by atoms with Crippen LogP contribution in [0.4, 0.5) is 5.82 Å². The third-order valence-electron chi connectivity index (χ3n) is 2.29. The lowest BCUT2D eigenvalue weighted by molar-refractivity contribution is 1.13. The molecule has 0 saturated carbocycles. The third kappa shape index (κ3) is 0.794. The zero-order valence-electron chi connectivity index (χ0n) is 7.18. The average molecular weight is 161 g/mol. The zero-order chi connectivity index (χ0) is 8.72. The molecule has 3 nitrogen and oxygen atoms in total. The number of aryl methyl sites for hydroxylation is 2. The van der Waals surface area contributed by atoms with Crippen LogP contribution in [0.2, 0.25) is 0 Å². The second kappa shape index (κ2) is 2.24. The van der Waals surface area contributed by atoms with Crippen LogP contribution in [0.25, 0.3) is 10.9 Å². The third-order valence-corrected chi connectivity index (χ3v) is 2.29. The van der Waals surface area contributed by atoms with Gasteiger partial charge in [0.25, 0.3) is 0 Å². The first-order chi connectivity index (χ1) is 5.70. The van der Waals surface area contributed by atoms with Gasteiger partial charge in [-0.1, -0.05) is 6.07 Å². The quantitative estimate of drug-likeness (QED) is 0.618. The van der Waals surface area contributed by atoms with Crippen LogP contribution in [0, 0.1) is 13.8 Å². The van der Waals surface area contributed by atoms with Crippen LogP contribution in [0.15, 0.2) is 12.1 Å². The van der Waals surface area contributed by atoms with E-state index in [1.165, 1.54) is 11.1 Å². The number of anilines is 1. The number of aromatic nitrogens is 2. The molecule has 12 heavy (non-hydrogen) atoms. The first-order valence-corrected chi connectivity index (χ1v) is 3.90. The average Bonchev–Trinajstić information content (AvgIpc) is 2.41. The van der Waals surface area contributed by atoms with E-state index in [4.69, 9.17) is 5.73 Å². The molecule has 0 aliphatic heterocycles. The summed E-state index contributed by atoms with van der Waals surface area (Å²) in [6.07, 6.45) is 0. The Morgan fingerprint density at radius 2 is 2.08 bits per heavy atom. The molecule has 1 heterocycles. The molecule has 0 amide bonds. The largest absolute Gasteiger partial charge is 0.382 e. The summed E-state index contributed by atoms with van der Waals surface area (Å²) in [5.74, 6) is 0.589. The van der Waals surface area contributed by atoms with Gasteiger partial charge in [-0.2, -0.15) is 5.10 Å². The van der Waals surface area contributed by atoms with Crippen molar-refractivity contribution < 1.29 is 0 Å². The fraction of sp³-hybridized carbons (Fsp3) is 0.222. The summed E-state index contributed by atoms with van der Waals surface area (Å²) >= 11 is 0. The van der Waals surface area contributed by atoms with Crippen molar-refractivity contribution in [2.45, 2.75) is 13.8 Å². The van der Waals surface area contributed by atoms with Crippen molar-refractivity contribution in [2.75, 3.05) is 5.73 Å². The van der Waals surface area contributed by atoms with Gasteiger partial charge in [0, 0.05) is 5.39 Å². The van der Waals surface area contributed by atoms with Gasteiger partial charge < -0.3 is 5.73 Å². The highest BCUT2D eigenvalue weighted by molar-refractivity contribution is 5.92. The van der Waals surface area contributed by atoms with E-state index in [1.54, 1.807) is 0 Å². The van der Waals surface area contributed by atoms with Crippen molar-refractivity contribution in [3.8, 4) is 0 Å². The lowest BCUT2D eigenvalue weighted by Crippen LogP contribution is -1.87. The van der Waals surface area contributed by atoms with Gasteiger partial charge in [0.05, 0.1) is 5.52 Å². The number of aromatic amines is 1. The zero-order valence-corrected chi connectivity index (χ0v) is 7.18. The van der Waals surface area contributed by atoms with Gasteiger partial charge in [-0.3, -0.25) is 5.10 Å². The van der Waals surface area contributed by atoms with Crippen molar-refractivity contribution in [2.24, 2.45) is 0 Å². The lowest BCUT2D eigenvalue weighted by atomic mass is 10.1. The summed E-state index contributed by atoms with van der Waals surface area (Å²) in [6.45, 7) is 4.13. The summed E-state index contributed by atoms with van der Waals surface area (Å²) in [5.41, 5.74) is 9.17. The van der Waals surface area contributed by atoms with Crippen LogP contribution in [0.1, 0.15) is 11.1 Å². The van der Waals surface area contributed by atoms with Crippen LogP contribution in [-0.2, 0) is 0 Å². The fourth-order valence-electron chi connectivity index (χ4n) is 1.42.